The van der Waals surface area contributed by atoms with Gasteiger partial charge in [0.2, 0.25) is 0 Å². The van der Waals surface area contributed by atoms with E-state index in [9.17, 15) is 0 Å². The number of nitrogen functional groups attached to an aromatic ring is 1. The fourth-order valence-corrected chi connectivity index (χ4v) is 3.84. The molecule has 0 unspecified atom stereocenters. The van der Waals surface area contributed by atoms with Gasteiger partial charge in [-0.05, 0) is 45.0 Å². The molecule has 1 heterocycles. The molecule has 0 fully saturated rings. The predicted molar refractivity (Wildman–Crippen MR) is 99.4 cm³/mol. The van der Waals surface area contributed by atoms with Crippen molar-refractivity contribution in [1.29, 1.82) is 0 Å². The molecule has 5 heteroatoms. The van der Waals surface area contributed by atoms with Crippen molar-refractivity contribution >= 4 is 34.5 Å². The van der Waals surface area contributed by atoms with Crippen LogP contribution >= 0.6 is 11.8 Å². The molecule has 0 amide bonds. The third kappa shape index (κ3) is 3.06. The number of hydrogen-bond acceptors (Lipinski definition) is 5. The zero-order chi connectivity index (χ0) is 16.4. The van der Waals surface area contributed by atoms with E-state index in [-0.39, 0.29) is 0 Å². The maximum atomic E-state index is 6.10. The van der Waals surface area contributed by atoms with Gasteiger partial charge in [-0.2, -0.15) is 0 Å². The molecule has 23 heavy (non-hydrogen) atoms. The third-order valence-corrected chi connectivity index (χ3v) is 5.11. The van der Waals surface area contributed by atoms with Crippen LogP contribution in [0.5, 0.6) is 5.75 Å². The molecule has 1 aliphatic rings. The van der Waals surface area contributed by atoms with Gasteiger partial charge < -0.3 is 20.7 Å². The smallest absolute Gasteiger partial charge is 0.144 e. The second kappa shape index (κ2) is 6.62. The van der Waals surface area contributed by atoms with E-state index in [1.165, 1.54) is 10.6 Å². The summed E-state index contributed by atoms with van der Waals surface area (Å²) in [6, 6.07) is 10.5. The second-order valence-corrected chi connectivity index (χ2v) is 6.48. The Bertz CT molecular complexity index is 714. The molecule has 3 N–H and O–H groups in total. The molecule has 0 bridgehead atoms. The van der Waals surface area contributed by atoms with Crippen molar-refractivity contribution in [3.63, 3.8) is 0 Å². The molecule has 0 aromatic heterocycles. The topological polar surface area (TPSA) is 50.5 Å². The average Bonchev–Trinajstić information content (AvgIpc) is 2.55. The number of nitrogens with zero attached hydrogens (tertiary/aromatic N) is 1. The predicted octanol–water partition coefficient (Wildman–Crippen LogP) is 4.72. The van der Waals surface area contributed by atoms with Gasteiger partial charge in [0.1, 0.15) is 5.75 Å². The van der Waals surface area contributed by atoms with Crippen LogP contribution < -0.4 is 20.7 Å². The zero-order valence-corrected chi connectivity index (χ0v) is 14.7. The van der Waals surface area contributed by atoms with Crippen LogP contribution in [0.2, 0.25) is 0 Å². The molecule has 0 aliphatic carbocycles. The Kier molecular flexibility index (Phi) is 4.57. The highest BCUT2D eigenvalue weighted by Crippen LogP contribution is 2.47. The Morgan fingerprint density at radius 1 is 1.04 bits per heavy atom. The summed E-state index contributed by atoms with van der Waals surface area (Å²) >= 11 is 1.75. The quantitative estimate of drug-likeness (QED) is 0.663. The van der Waals surface area contributed by atoms with Gasteiger partial charge in [0.15, 0.2) is 0 Å². The van der Waals surface area contributed by atoms with Crippen molar-refractivity contribution in [1.82, 2.24) is 0 Å². The number of rotatable bonds is 5. The first-order valence-corrected chi connectivity index (χ1v) is 8.88. The number of nitrogens with one attached hydrogen (secondary N) is 1. The molecule has 2 aromatic rings. The molecule has 1 aliphatic heterocycles. The van der Waals surface area contributed by atoms with Crippen molar-refractivity contribution in [3.05, 3.63) is 30.3 Å². The first kappa shape index (κ1) is 15.9. The Labute approximate surface area is 142 Å². The molecule has 0 saturated carbocycles. The summed E-state index contributed by atoms with van der Waals surface area (Å²) < 4.78 is 5.59. The van der Waals surface area contributed by atoms with Gasteiger partial charge in [-0.3, -0.25) is 0 Å². The minimum absolute atomic E-state index is 0.611. The van der Waals surface area contributed by atoms with Crippen LogP contribution in [0.25, 0.3) is 0 Å². The van der Waals surface area contributed by atoms with Gasteiger partial charge in [0, 0.05) is 34.6 Å². The SMILES string of the molecule is CCOc1cc2c(cc1N)Sc1cc(N(CC)CC)ccc1N2. The van der Waals surface area contributed by atoms with Crippen molar-refractivity contribution in [2.45, 2.75) is 30.6 Å². The van der Waals surface area contributed by atoms with E-state index < -0.39 is 0 Å². The highest BCUT2D eigenvalue weighted by molar-refractivity contribution is 7.99. The van der Waals surface area contributed by atoms with Crippen molar-refractivity contribution in [3.8, 4) is 5.75 Å². The number of fused-ring (bicyclic) bond motifs is 2. The maximum absolute atomic E-state index is 6.10. The lowest BCUT2D eigenvalue weighted by Crippen LogP contribution is -2.21. The first-order chi connectivity index (χ1) is 11.2. The molecular weight excluding hydrogens is 306 g/mol. The lowest BCUT2D eigenvalue weighted by molar-refractivity contribution is 0.342. The standard InChI is InChI=1S/C18H23N3OS/c1-4-21(5-2)12-7-8-14-17(9-12)23-18-10-13(19)16(22-6-3)11-15(18)20-14/h7-11,20H,4-6,19H2,1-3H3. The summed E-state index contributed by atoms with van der Waals surface area (Å²) in [5.74, 6) is 0.738. The van der Waals surface area contributed by atoms with E-state index in [4.69, 9.17) is 10.5 Å². The van der Waals surface area contributed by atoms with Crippen LogP contribution in [0.15, 0.2) is 40.1 Å². The molecule has 0 atom stereocenters. The fraction of sp³-hybridized carbons (Fsp3) is 0.333. The minimum Gasteiger partial charge on any atom is -0.492 e. The lowest BCUT2D eigenvalue weighted by Gasteiger charge is -2.26. The van der Waals surface area contributed by atoms with Crippen LogP contribution in [-0.2, 0) is 0 Å². The lowest BCUT2D eigenvalue weighted by atomic mass is 10.2. The number of ether oxygens (including phenoxy) is 1. The van der Waals surface area contributed by atoms with Crippen LogP contribution in [0.3, 0.4) is 0 Å². The Balaban J connectivity index is 1.93. The van der Waals surface area contributed by atoms with Crippen molar-refractivity contribution < 1.29 is 4.74 Å². The number of nitrogens with two attached hydrogens (primary N) is 1. The number of benzene rings is 2. The Morgan fingerprint density at radius 3 is 2.48 bits per heavy atom. The largest absolute Gasteiger partial charge is 0.492 e. The van der Waals surface area contributed by atoms with Crippen LogP contribution in [0, 0.1) is 0 Å². The highest BCUT2D eigenvalue weighted by atomic mass is 32.2. The van der Waals surface area contributed by atoms with E-state index >= 15 is 0 Å². The Morgan fingerprint density at radius 2 is 1.78 bits per heavy atom. The van der Waals surface area contributed by atoms with Crippen LogP contribution in [0.4, 0.5) is 22.7 Å². The van der Waals surface area contributed by atoms with Gasteiger partial charge in [-0.25, -0.2) is 0 Å². The molecule has 0 radical (unpaired) electrons. The summed E-state index contributed by atoms with van der Waals surface area (Å²) in [7, 11) is 0. The van der Waals surface area contributed by atoms with Gasteiger partial charge in [0.25, 0.3) is 0 Å². The molecule has 2 aromatic carbocycles. The molecular formula is C18H23N3OS. The summed E-state index contributed by atoms with van der Waals surface area (Å²) in [5.41, 5.74) is 10.2. The van der Waals surface area contributed by atoms with Gasteiger partial charge in [-0.15, -0.1) is 0 Å². The number of anilines is 4. The minimum atomic E-state index is 0.611. The summed E-state index contributed by atoms with van der Waals surface area (Å²) in [6.45, 7) is 8.95. The van der Waals surface area contributed by atoms with Crippen LogP contribution in [0.1, 0.15) is 20.8 Å². The Hall–Kier alpha value is -2.01. The fourth-order valence-electron chi connectivity index (χ4n) is 2.79. The molecule has 0 saturated heterocycles. The molecule has 3 rings (SSSR count). The third-order valence-electron chi connectivity index (χ3n) is 3.99. The normalized spacial score (nSPS) is 12.1. The van der Waals surface area contributed by atoms with E-state index in [0.29, 0.717) is 12.3 Å². The van der Waals surface area contributed by atoms with Gasteiger partial charge in [-0.1, -0.05) is 11.8 Å². The summed E-state index contributed by atoms with van der Waals surface area (Å²) in [5, 5.41) is 3.49. The number of hydrogen-bond donors (Lipinski definition) is 2. The summed E-state index contributed by atoms with van der Waals surface area (Å²) in [6.07, 6.45) is 0. The highest BCUT2D eigenvalue weighted by Gasteiger charge is 2.19. The van der Waals surface area contributed by atoms with Crippen molar-refractivity contribution in [2.24, 2.45) is 0 Å². The second-order valence-electron chi connectivity index (χ2n) is 5.40. The van der Waals surface area contributed by atoms with E-state index in [1.807, 2.05) is 19.1 Å². The van der Waals surface area contributed by atoms with Crippen LogP contribution in [-0.4, -0.2) is 19.7 Å². The molecule has 0 spiro atoms. The van der Waals surface area contributed by atoms with Gasteiger partial charge >= 0.3 is 0 Å². The molecule has 122 valence electrons. The summed E-state index contributed by atoms with van der Waals surface area (Å²) in [4.78, 5) is 4.71. The van der Waals surface area contributed by atoms with E-state index in [0.717, 1.165) is 35.1 Å². The van der Waals surface area contributed by atoms with Gasteiger partial charge in [0.05, 0.1) is 23.7 Å². The molecule has 4 nitrogen and oxygen atoms in total. The van der Waals surface area contributed by atoms with E-state index in [2.05, 4.69) is 42.3 Å². The average molecular weight is 329 g/mol. The monoisotopic (exact) mass is 329 g/mol. The first-order valence-electron chi connectivity index (χ1n) is 8.06. The van der Waals surface area contributed by atoms with Crippen molar-refractivity contribution in [2.75, 3.05) is 35.6 Å². The van der Waals surface area contributed by atoms with E-state index in [1.54, 1.807) is 11.8 Å². The maximum Gasteiger partial charge on any atom is 0.144 e. The zero-order valence-electron chi connectivity index (χ0n) is 13.8.